The van der Waals surface area contributed by atoms with E-state index in [9.17, 15) is 9.59 Å². The Labute approximate surface area is 113 Å². The van der Waals surface area contributed by atoms with E-state index in [1.165, 1.54) is 0 Å². The minimum atomic E-state index is -0.180. The third-order valence-corrected chi connectivity index (χ3v) is 3.67. The number of aromatic nitrogens is 1. The van der Waals surface area contributed by atoms with Crippen LogP contribution in [-0.4, -0.2) is 41.6 Å². The quantitative estimate of drug-likeness (QED) is 0.880. The lowest BCUT2D eigenvalue weighted by atomic mass is 10.2. The molecule has 2 heterocycles. The first kappa shape index (κ1) is 13.8. The Morgan fingerprint density at radius 1 is 1.42 bits per heavy atom. The van der Waals surface area contributed by atoms with Gasteiger partial charge in [0, 0.05) is 38.4 Å². The summed E-state index contributed by atoms with van der Waals surface area (Å²) in [5.41, 5.74) is 0.102. The highest BCUT2D eigenvalue weighted by atomic mass is 16.2. The van der Waals surface area contributed by atoms with E-state index >= 15 is 0 Å². The number of nitrogens with one attached hydrogen (secondary N) is 1. The van der Waals surface area contributed by atoms with E-state index in [0.29, 0.717) is 13.1 Å². The van der Waals surface area contributed by atoms with E-state index in [1.54, 1.807) is 27.8 Å². The minimum Gasteiger partial charge on any atom is -0.336 e. The minimum absolute atomic E-state index is 0.114. The smallest absolute Gasteiger partial charge is 0.263 e. The van der Waals surface area contributed by atoms with Gasteiger partial charge in [0.05, 0.1) is 0 Å². The maximum absolute atomic E-state index is 12.4. The van der Waals surface area contributed by atoms with Gasteiger partial charge in [0.1, 0.15) is 5.56 Å². The van der Waals surface area contributed by atoms with E-state index in [0.717, 1.165) is 19.5 Å². The van der Waals surface area contributed by atoms with Crippen molar-refractivity contribution in [1.29, 1.82) is 0 Å². The molecule has 0 aromatic carbocycles. The molecule has 5 nitrogen and oxygen atoms in total. The van der Waals surface area contributed by atoms with Gasteiger partial charge >= 0.3 is 0 Å². The molecule has 0 radical (unpaired) electrons. The molecular weight excluding hydrogens is 242 g/mol. The van der Waals surface area contributed by atoms with E-state index in [2.05, 4.69) is 5.32 Å². The Kier molecular flexibility index (Phi) is 4.37. The first-order valence-electron chi connectivity index (χ1n) is 6.86. The fourth-order valence-corrected chi connectivity index (χ4v) is 2.25. The molecule has 1 aromatic rings. The molecule has 0 aliphatic carbocycles. The zero-order valence-corrected chi connectivity index (χ0v) is 11.6. The Bertz CT molecular complexity index is 504. The number of pyridine rings is 1. The van der Waals surface area contributed by atoms with Crippen LogP contribution < -0.4 is 10.9 Å². The zero-order valence-electron chi connectivity index (χ0n) is 11.6. The molecule has 1 fully saturated rings. The van der Waals surface area contributed by atoms with Gasteiger partial charge in [-0.1, -0.05) is 6.92 Å². The third kappa shape index (κ3) is 2.87. The SMILES string of the molecule is CCC(C)n1cccc(C(=O)N2CCNCC2)c1=O. The molecule has 1 aromatic heterocycles. The first-order valence-corrected chi connectivity index (χ1v) is 6.86. The second-order valence-electron chi connectivity index (χ2n) is 4.93. The van der Waals surface area contributed by atoms with Crippen LogP contribution in [0.4, 0.5) is 0 Å². The number of amides is 1. The van der Waals surface area contributed by atoms with Gasteiger partial charge in [-0.05, 0) is 25.5 Å². The lowest BCUT2D eigenvalue weighted by Gasteiger charge is -2.27. The summed E-state index contributed by atoms with van der Waals surface area (Å²) >= 11 is 0. The lowest BCUT2D eigenvalue weighted by Crippen LogP contribution is -2.47. The summed E-state index contributed by atoms with van der Waals surface area (Å²) < 4.78 is 1.65. The summed E-state index contributed by atoms with van der Waals surface area (Å²) in [6.45, 7) is 6.92. The van der Waals surface area contributed by atoms with Crippen LogP contribution in [0.2, 0.25) is 0 Å². The van der Waals surface area contributed by atoms with Gasteiger partial charge in [-0.2, -0.15) is 0 Å². The zero-order chi connectivity index (χ0) is 13.8. The van der Waals surface area contributed by atoms with E-state index in [1.807, 2.05) is 13.8 Å². The summed E-state index contributed by atoms with van der Waals surface area (Å²) in [5, 5.41) is 3.20. The van der Waals surface area contributed by atoms with Crippen LogP contribution in [0.1, 0.15) is 36.7 Å². The maximum atomic E-state index is 12.4. The Morgan fingerprint density at radius 3 is 2.74 bits per heavy atom. The van der Waals surface area contributed by atoms with Gasteiger partial charge in [0.15, 0.2) is 0 Å². The van der Waals surface area contributed by atoms with Crippen molar-refractivity contribution in [2.45, 2.75) is 26.3 Å². The number of hydrogen-bond donors (Lipinski definition) is 1. The molecule has 5 heteroatoms. The predicted octanol–water partition coefficient (Wildman–Crippen LogP) is 0.865. The molecule has 104 valence electrons. The molecule has 0 saturated carbocycles. The van der Waals surface area contributed by atoms with Crippen LogP contribution in [0.25, 0.3) is 0 Å². The number of nitrogens with zero attached hydrogens (tertiary/aromatic N) is 2. The Balaban J connectivity index is 2.29. The van der Waals surface area contributed by atoms with Crippen molar-refractivity contribution >= 4 is 5.91 Å². The molecule has 1 aliphatic rings. The average molecular weight is 263 g/mol. The standard InChI is InChI=1S/C14H21N3O2/c1-3-11(2)17-8-4-5-12(14(17)19)13(18)16-9-6-15-7-10-16/h4-5,8,11,15H,3,6-7,9-10H2,1-2H3. The molecule has 1 N–H and O–H groups in total. The molecule has 1 unspecified atom stereocenters. The van der Waals surface area contributed by atoms with Gasteiger partial charge in [0.2, 0.25) is 0 Å². The number of carbonyl (C=O) groups is 1. The fraction of sp³-hybridized carbons (Fsp3) is 0.571. The summed E-state index contributed by atoms with van der Waals surface area (Å²) in [6, 6.07) is 3.53. The molecule has 2 rings (SSSR count). The lowest BCUT2D eigenvalue weighted by molar-refractivity contribution is 0.0733. The van der Waals surface area contributed by atoms with Gasteiger partial charge in [-0.15, -0.1) is 0 Å². The van der Waals surface area contributed by atoms with E-state index < -0.39 is 0 Å². The Morgan fingerprint density at radius 2 is 2.11 bits per heavy atom. The number of rotatable bonds is 3. The topological polar surface area (TPSA) is 54.3 Å². The number of hydrogen-bond acceptors (Lipinski definition) is 3. The van der Waals surface area contributed by atoms with Gasteiger partial charge in [-0.3, -0.25) is 9.59 Å². The summed E-state index contributed by atoms with van der Waals surface area (Å²) in [5.74, 6) is -0.149. The van der Waals surface area contributed by atoms with Crippen molar-refractivity contribution in [2.75, 3.05) is 26.2 Å². The molecule has 0 spiro atoms. The van der Waals surface area contributed by atoms with Crippen LogP contribution in [0.15, 0.2) is 23.1 Å². The van der Waals surface area contributed by atoms with Crippen LogP contribution in [0.5, 0.6) is 0 Å². The highest BCUT2D eigenvalue weighted by molar-refractivity contribution is 5.93. The number of carbonyl (C=O) groups excluding carboxylic acids is 1. The average Bonchev–Trinajstić information content (AvgIpc) is 2.47. The van der Waals surface area contributed by atoms with Crippen molar-refractivity contribution in [3.8, 4) is 0 Å². The van der Waals surface area contributed by atoms with Crippen LogP contribution in [0, 0.1) is 0 Å². The summed E-state index contributed by atoms with van der Waals surface area (Å²) in [7, 11) is 0. The Hall–Kier alpha value is -1.62. The second kappa shape index (κ2) is 6.02. The molecule has 0 bridgehead atoms. The highest BCUT2D eigenvalue weighted by Crippen LogP contribution is 2.08. The number of piperazine rings is 1. The summed E-state index contributed by atoms with van der Waals surface area (Å²) in [4.78, 5) is 26.5. The van der Waals surface area contributed by atoms with Crippen LogP contribution >= 0.6 is 0 Å². The maximum Gasteiger partial charge on any atom is 0.263 e. The van der Waals surface area contributed by atoms with Crippen molar-refractivity contribution in [1.82, 2.24) is 14.8 Å². The third-order valence-electron chi connectivity index (χ3n) is 3.67. The molecule has 1 saturated heterocycles. The monoisotopic (exact) mass is 263 g/mol. The molecule has 19 heavy (non-hydrogen) atoms. The summed E-state index contributed by atoms with van der Waals surface area (Å²) in [6.07, 6.45) is 2.62. The van der Waals surface area contributed by atoms with Crippen molar-refractivity contribution < 1.29 is 4.79 Å². The van der Waals surface area contributed by atoms with Crippen molar-refractivity contribution in [3.05, 3.63) is 34.2 Å². The van der Waals surface area contributed by atoms with Crippen LogP contribution in [0.3, 0.4) is 0 Å². The van der Waals surface area contributed by atoms with E-state index in [-0.39, 0.29) is 23.1 Å². The van der Waals surface area contributed by atoms with Gasteiger partial charge in [0.25, 0.3) is 11.5 Å². The molecule has 1 atom stereocenters. The largest absolute Gasteiger partial charge is 0.336 e. The van der Waals surface area contributed by atoms with Gasteiger partial charge < -0.3 is 14.8 Å². The predicted molar refractivity (Wildman–Crippen MR) is 74.5 cm³/mol. The van der Waals surface area contributed by atoms with Crippen molar-refractivity contribution in [2.24, 2.45) is 0 Å². The fourth-order valence-electron chi connectivity index (χ4n) is 2.25. The molecule has 1 aliphatic heterocycles. The van der Waals surface area contributed by atoms with E-state index in [4.69, 9.17) is 0 Å². The van der Waals surface area contributed by atoms with Crippen LogP contribution in [-0.2, 0) is 0 Å². The first-order chi connectivity index (χ1) is 9.15. The molecule has 1 amide bonds. The van der Waals surface area contributed by atoms with Gasteiger partial charge in [-0.25, -0.2) is 0 Å². The van der Waals surface area contributed by atoms with Crippen molar-refractivity contribution in [3.63, 3.8) is 0 Å². The normalized spacial score (nSPS) is 17.3. The second-order valence-corrected chi connectivity index (χ2v) is 4.93. The molecular formula is C14H21N3O2. The highest BCUT2D eigenvalue weighted by Gasteiger charge is 2.21.